The van der Waals surface area contributed by atoms with E-state index in [9.17, 15) is 28.8 Å². The molecule has 8 aromatic carbocycles. The maximum Gasteiger partial charge on any atom is 0.416 e. The van der Waals surface area contributed by atoms with E-state index >= 15 is 0 Å². The van der Waals surface area contributed by atoms with Gasteiger partial charge in [-0.3, -0.25) is 24.2 Å². The Bertz CT molecular complexity index is 5530. The number of ether oxygens (including phenoxy) is 16. The number of anilines is 3. The van der Waals surface area contributed by atoms with E-state index in [0.717, 1.165) is 63.3 Å². The minimum Gasteiger partial charge on any atom is -0.497 e. The normalized spacial score (nSPS) is 18.7. The molecule has 16 rings (SSSR count). The Hall–Kier alpha value is -14.4. The van der Waals surface area contributed by atoms with Crippen LogP contribution in [0.15, 0.2) is 200 Å². The Morgan fingerprint density at radius 2 is 0.738 bits per heavy atom. The quantitative estimate of drug-likeness (QED) is 0.0323. The zero-order valence-electron chi connectivity index (χ0n) is 74.4. The molecule has 6 amide bonds. The van der Waals surface area contributed by atoms with Crippen LogP contribution in [0.3, 0.4) is 0 Å². The Labute approximate surface area is 754 Å². The van der Waals surface area contributed by atoms with Gasteiger partial charge in [0.25, 0.3) is 23.6 Å². The van der Waals surface area contributed by atoms with Crippen molar-refractivity contribution in [3.8, 4) is 69.0 Å². The first-order chi connectivity index (χ1) is 63.4. The Balaban J connectivity index is 0.000000205. The Morgan fingerprint density at radius 3 is 1.13 bits per heavy atom. The lowest BCUT2D eigenvalue weighted by Gasteiger charge is -2.39. The summed E-state index contributed by atoms with van der Waals surface area (Å²) < 4.78 is 92.6. The summed E-state index contributed by atoms with van der Waals surface area (Å²) in [4.78, 5) is 99.4. The van der Waals surface area contributed by atoms with Crippen LogP contribution in [0, 0.1) is 0 Å². The third kappa shape index (κ3) is 19.0. The number of carbonyl (C=O) groups excluding carboxylic acids is 6. The molecule has 0 radical (unpaired) electrons. The van der Waals surface area contributed by atoms with E-state index in [1.54, 1.807) is 94.9 Å². The molecule has 0 saturated carbocycles. The van der Waals surface area contributed by atoms with Crippen molar-refractivity contribution in [3.05, 3.63) is 240 Å². The SMILES string of the molecule is C=CCOC(=O)N1c2cc(OCCCOc3cc4c(cc3OC)C(=O)N3CCC(c5ccc(OC)cc5)=C[C@H]3C(OC)N4C(=O)OCC=C)c(OC)cc2C(=O)N2CCC(c3ccc(OC)cc3)=C[C@H]2C1OC.COc1ccc(C2=C[C@H]3C=Nc4cc(OCCCOc5cc6c(cc5OC)C(=O)N5CCC(c7ccc(OC)cc7)=C[C@H]5CN6)c(OC)cc4C(=O)N3CC2)cc1. The molecular weight excluding hydrogens is 1670 g/mol. The molecule has 0 aliphatic carbocycles. The molecule has 0 spiro atoms. The predicted octanol–water partition coefficient (Wildman–Crippen LogP) is 15.7. The summed E-state index contributed by atoms with van der Waals surface area (Å²) in [5.41, 5.74) is 11.5. The number of nitrogens with one attached hydrogen (secondary N) is 1. The molecular formula is C100H106N8O22. The van der Waals surface area contributed by atoms with Crippen LogP contribution >= 0.6 is 0 Å². The molecule has 8 aliphatic rings. The molecule has 678 valence electrons. The smallest absolute Gasteiger partial charge is 0.416 e. The Kier molecular flexibility index (Phi) is 28.6. The monoisotopic (exact) mass is 1770 g/mol. The summed E-state index contributed by atoms with van der Waals surface area (Å²) >= 11 is 0. The van der Waals surface area contributed by atoms with Crippen LogP contribution in [-0.4, -0.2) is 242 Å². The number of rotatable bonds is 30. The van der Waals surface area contributed by atoms with Crippen LogP contribution in [0.5, 0.6) is 69.0 Å². The predicted molar refractivity (Wildman–Crippen MR) is 491 cm³/mol. The molecule has 0 fully saturated rings. The molecule has 0 saturated heterocycles. The van der Waals surface area contributed by atoms with Crippen molar-refractivity contribution in [1.29, 1.82) is 0 Å². The van der Waals surface area contributed by atoms with E-state index in [2.05, 4.69) is 42.8 Å². The first-order valence-electron chi connectivity index (χ1n) is 42.9. The third-order valence-electron chi connectivity index (χ3n) is 24.0. The topological polar surface area (TPSA) is 294 Å². The summed E-state index contributed by atoms with van der Waals surface area (Å²) in [7, 11) is 15.5. The van der Waals surface area contributed by atoms with Crippen LogP contribution in [0.1, 0.15) is 102 Å². The number of fused-ring (bicyclic) bond motifs is 8. The van der Waals surface area contributed by atoms with Gasteiger partial charge in [-0.15, -0.1) is 0 Å². The highest BCUT2D eigenvalue weighted by Crippen LogP contribution is 2.47. The molecule has 1 N–H and O–H groups in total. The lowest BCUT2D eigenvalue weighted by molar-refractivity contribution is 0.0274. The summed E-state index contributed by atoms with van der Waals surface area (Å²) in [5, 5.41) is 3.49. The molecule has 8 aliphatic heterocycles. The number of hydrogen-bond donors (Lipinski definition) is 1. The highest BCUT2D eigenvalue weighted by atomic mass is 16.6. The van der Waals surface area contributed by atoms with Crippen molar-refractivity contribution in [3.63, 3.8) is 0 Å². The van der Waals surface area contributed by atoms with Crippen molar-refractivity contribution in [1.82, 2.24) is 19.6 Å². The first kappa shape index (κ1) is 90.4. The van der Waals surface area contributed by atoms with Gasteiger partial charge in [0, 0.05) is 90.3 Å². The van der Waals surface area contributed by atoms with Crippen molar-refractivity contribution in [2.75, 3.05) is 159 Å². The molecule has 0 aromatic heterocycles. The fourth-order valence-corrected chi connectivity index (χ4v) is 17.4. The summed E-state index contributed by atoms with van der Waals surface area (Å²) in [5.74, 6) is 5.14. The van der Waals surface area contributed by atoms with Gasteiger partial charge in [0.05, 0.1) is 152 Å². The van der Waals surface area contributed by atoms with Gasteiger partial charge < -0.3 is 101 Å². The minimum atomic E-state index is -1.01. The highest BCUT2D eigenvalue weighted by molar-refractivity contribution is 6.09. The van der Waals surface area contributed by atoms with E-state index in [0.29, 0.717) is 129 Å². The number of benzene rings is 8. The molecule has 8 aromatic rings. The molecule has 2 unspecified atom stereocenters. The van der Waals surface area contributed by atoms with Gasteiger partial charge in [0.2, 0.25) is 0 Å². The molecule has 130 heavy (non-hydrogen) atoms. The summed E-state index contributed by atoms with van der Waals surface area (Å²) in [6.45, 7) is 10.5. The van der Waals surface area contributed by atoms with Crippen LogP contribution in [0.2, 0.25) is 0 Å². The van der Waals surface area contributed by atoms with Crippen molar-refractivity contribution in [2.24, 2.45) is 4.99 Å². The zero-order valence-corrected chi connectivity index (χ0v) is 74.4. The summed E-state index contributed by atoms with van der Waals surface area (Å²) in [6.07, 6.45) is 12.8. The lowest BCUT2D eigenvalue weighted by atomic mass is 9.94. The van der Waals surface area contributed by atoms with Gasteiger partial charge in [-0.1, -0.05) is 98.1 Å². The number of aliphatic imine (C=N–C) groups is 1. The standard InChI is InChI=1S/C55H60N4O14.C45H46N4O8/c1-9-24-72-54(62)58-42-32-48(46(66-5)30-40(42)50(60)56-22-20-36(28-44(56)52(58)68-7)34-12-16-38(64-3)17-13-34)70-26-11-27-71-49-33-43-41(31-47(49)67-6)51(61)57-23-21-37(35-14-18-39(65-4)19-15-35)29-45(57)53(69-8)59(43)55(63)73-25-10-2;1-52-34-10-6-28(7-11-34)30-14-16-48-32(20-30)26-46-38-24-42(40(54-3)22-36(38)44(48)50)56-18-5-19-57-43-25-39-37(23-41(43)55-4)45(51)49-17-15-31(21-33(49)27-47-39)29-8-12-35(53-2)13-9-29/h9-10,12-19,28-33,44-45,52-53H,1-2,11,20-27H2,3-8H3;6-13,20-26,32-33,47H,5,14-19,27H2,1-4H3/t44-,45-,52?,53?;32-,33-/m00/s1. The van der Waals surface area contributed by atoms with Crippen molar-refractivity contribution in [2.45, 2.75) is 75.1 Å². The van der Waals surface area contributed by atoms with Crippen LogP contribution in [0.25, 0.3) is 22.3 Å². The third-order valence-corrected chi connectivity index (χ3v) is 24.0. The Morgan fingerprint density at radius 1 is 0.392 bits per heavy atom. The van der Waals surface area contributed by atoms with Crippen LogP contribution in [-0.2, 0) is 18.9 Å². The maximum absolute atomic E-state index is 14.6. The largest absolute Gasteiger partial charge is 0.497 e. The van der Waals surface area contributed by atoms with E-state index in [4.69, 9.17) is 80.8 Å². The van der Waals surface area contributed by atoms with Gasteiger partial charge in [-0.2, -0.15) is 0 Å². The van der Waals surface area contributed by atoms with Crippen molar-refractivity contribution < 1.29 is 105 Å². The van der Waals surface area contributed by atoms with Crippen LogP contribution < -0.4 is 72.0 Å². The van der Waals surface area contributed by atoms with Gasteiger partial charge in [-0.05, 0) is 143 Å². The number of hydrogen-bond acceptors (Lipinski definition) is 24. The average Bonchev–Trinajstić information content (AvgIpc) is 1.59. The second-order valence-corrected chi connectivity index (χ2v) is 31.3. The van der Waals surface area contributed by atoms with Crippen LogP contribution in [0.4, 0.5) is 32.3 Å². The number of nitrogens with zero attached hydrogens (tertiary/aromatic N) is 7. The second-order valence-electron chi connectivity index (χ2n) is 31.3. The van der Waals surface area contributed by atoms with Gasteiger partial charge >= 0.3 is 12.2 Å². The molecule has 30 heteroatoms. The second kappa shape index (κ2) is 41.1. The maximum atomic E-state index is 14.6. The van der Waals surface area contributed by atoms with Crippen molar-refractivity contribution >= 4 is 87.1 Å². The summed E-state index contributed by atoms with van der Waals surface area (Å²) in [6, 6.07) is 42.8. The minimum absolute atomic E-state index is 0.0465. The zero-order chi connectivity index (χ0) is 91.2. The lowest BCUT2D eigenvalue weighted by Crippen LogP contribution is -2.55. The average molecular weight is 1770 g/mol. The first-order valence-corrected chi connectivity index (χ1v) is 42.9. The van der Waals surface area contributed by atoms with E-state index in [1.807, 2.05) is 119 Å². The highest BCUT2D eigenvalue weighted by Gasteiger charge is 2.48. The van der Waals surface area contributed by atoms with Gasteiger partial charge in [0.1, 0.15) is 36.2 Å². The fraction of sp³-hybridized carbons (Fsp3) is 0.330. The van der Waals surface area contributed by atoms with E-state index in [-0.39, 0.29) is 108 Å². The van der Waals surface area contributed by atoms with E-state index < -0.39 is 36.7 Å². The molecule has 8 heterocycles. The molecule has 30 nitrogen and oxygen atoms in total. The molecule has 0 bridgehead atoms. The fourth-order valence-electron chi connectivity index (χ4n) is 17.4. The number of methoxy groups -OCH3 is 10. The molecule has 6 atom stereocenters. The van der Waals surface area contributed by atoms with Gasteiger partial charge in [-0.25, -0.2) is 19.4 Å². The number of amides is 6. The van der Waals surface area contributed by atoms with E-state index in [1.165, 1.54) is 56.0 Å². The number of carbonyl (C=O) groups is 6. The van der Waals surface area contributed by atoms with Gasteiger partial charge in [0.15, 0.2) is 58.5 Å².